The van der Waals surface area contributed by atoms with Crippen LogP contribution in [0.3, 0.4) is 0 Å². The molecule has 0 saturated carbocycles. The maximum atomic E-state index is 6.37. The first kappa shape index (κ1) is 16.6. The Morgan fingerprint density at radius 1 is 0.960 bits per heavy atom. The summed E-state index contributed by atoms with van der Waals surface area (Å²) in [6, 6.07) is 16.5. The highest BCUT2D eigenvalue weighted by Crippen LogP contribution is 2.26. The van der Waals surface area contributed by atoms with Gasteiger partial charge in [0.15, 0.2) is 0 Å². The number of piperidine rings is 1. The second kappa shape index (κ2) is 7.19. The van der Waals surface area contributed by atoms with Crippen molar-refractivity contribution in [1.29, 1.82) is 0 Å². The van der Waals surface area contributed by atoms with Crippen LogP contribution in [0.5, 0.6) is 0 Å². The van der Waals surface area contributed by atoms with Gasteiger partial charge in [-0.25, -0.2) is 0 Å². The minimum atomic E-state index is 0.753. The lowest BCUT2D eigenvalue weighted by atomic mass is 10.1. The molecule has 0 aliphatic carbocycles. The SMILES string of the molecule is S=C(c1cn(Cc2ccccc2Cl)c2ccccc12)N1CCCCC1. The van der Waals surface area contributed by atoms with Crippen molar-refractivity contribution < 1.29 is 0 Å². The van der Waals surface area contributed by atoms with Crippen LogP contribution >= 0.6 is 23.8 Å². The molecule has 0 unspecified atom stereocenters. The maximum absolute atomic E-state index is 6.37. The second-order valence-corrected chi connectivity index (χ2v) is 7.43. The van der Waals surface area contributed by atoms with Gasteiger partial charge in [-0.2, -0.15) is 0 Å². The molecule has 128 valence electrons. The van der Waals surface area contributed by atoms with Gasteiger partial charge in [-0.15, -0.1) is 0 Å². The topological polar surface area (TPSA) is 8.17 Å². The molecule has 0 spiro atoms. The van der Waals surface area contributed by atoms with E-state index in [1.165, 1.54) is 35.7 Å². The number of thiocarbonyl (C=S) groups is 1. The lowest BCUT2D eigenvalue weighted by Gasteiger charge is -2.28. The van der Waals surface area contributed by atoms with E-state index in [0.717, 1.165) is 35.2 Å². The number of aromatic nitrogens is 1. The summed E-state index contributed by atoms with van der Waals surface area (Å²) in [7, 11) is 0. The minimum absolute atomic E-state index is 0.753. The van der Waals surface area contributed by atoms with Gasteiger partial charge in [0.2, 0.25) is 0 Å². The molecular formula is C21H21ClN2S. The van der Waals surface area contributed by atoms with E-state index < -0.39 is 0 Å². The highest BCUT2D eigenvalue weighted by Gasteiger charge is 2.19. The molecule has 3 aromatic rings. The van der Waals surface area contributed by atoms with Crippen molar-refractivity contribution in [3.05, 3.63) is 70.9 Å². The Balaban J connectivity index is 1.73. The van der Waals surface area contributed by atoms with E-state index in [2.05, 4.69) is 46.0 Å². The van der Waals surface area contributed by atoms with Crippen molar-refractivity contribution in [2.75, 3.05) is 13.1 Å². The number of hydrogen-bond acceptors (Lipinski definition) is 1. The number of rotatable bonds is 3. The molecule has 1 aliphatic rings. The molecule has 0 bridgehead atoms. The van der Waals surface area contributed by atoms with Crippen molar-refractivity contribution in [3.63, 3.8) is 0 Å². The summed E-state index contributed by atoms with van der Waals surface area (Å²) in [5.74, 6) is 0. The largest absolute Gasteiger partial charge is 0.362 e. The van der Waals surface area contributed by atoms with E-state index in [1.54, 1.807) is 0 Å². The van der Waals surface area contributed by atoms with Gasteiger partial charge in [-0.1, -0.05) is 60.2 Å². The fourth-order valence-corrected chi connectivity index (χ4v) is 4.17. The summed E-state index contributed by atoms with van der Waals surface area (Å²) in [5, 5.41) is 2.03. The molecule has 1 saturated heterocycles. The summed E-state index contributed by atoms with van der Waals surface area (Å²) in [6.07, 6.45) is 5.98. The van der Waals surface area contributed by atoms with Gasteiger partial charge in [0.25, 0.3) is 0 Å². The predicted octanol–water partition coefficient (Wildman–Crippen LogP) is 5.50. The zero-order valence-corrected chi connectivity index (χ0v) is 15.7. The van der Waals surface area contributed by atoms with E-state index in [9.17, 15) is 0 Å². The molecule has 1 aliphatic heterocycles. The van der Waals surface area contributed by atoms with Crippen LogP contribution in [-0.4, -0.2) is 27.5 Å². The van der Waals surface area contributed by atoms with Gasteiger partial charge in [-0.05, 0) is 37.0 Å². The van der Waals surface area contributed by atoms with Crippen molar-refractivity contribution in [2.45, 2.75) is 25.8 Å². The molecule has 0 atom stereocenters. The van der Waals surface area contributed by atoms with Gasteiger partial charge in [-0.3, -0.25) is 0 Å². The average molecular weight is 369 g/mol. The fraction of sp³-hybridized carbons (Fsp3) is 0.286. The molecule has 2 nitrogen and oxygen atoms in total. The Bertz CT molecular complexity index is 909. The van der Waals surface area contributed by atoms with Crippen molar-refractivity contribution >= 4 is 39.7 Å². The van der Waals surface area contributed by atoms with Crippen LogP contribution < -0.4 is 0 Å². The van der Waals surface area contributed by atoms with Crippen LogP contribution in [-0.2, 0) is 6.54 Å². The summed E-state index contributed by atoms with van der Waals surface area (Å²) < 4.78 is 2.27. The third kappa shape index (κ3) is 3.31. The lowest BCUT2D eigenvalue weighted by Crippen LogP contribution is -2.34. The Hall–Kier alpha value is -1.84. The highest BCUT2D eigenvalue weighted by molar-refractivity contribution is 7.80. The molecule has 0 N–H and O–H groups in total. The number of hydrogen-bond donors (Lipinski definition) is 0. The average Bonchev–Trinajstić information content (AvgIpc) is 3.02. The van der Waals surface area contributed by atoms with Crippen LogP contribution in [0.4, 0.5) is 0 Å². The Morgan fingerprint density at radius 3 is 2.48 bits per heavy atom. The molecule has 0 amide bonds. The standard InChI is InChI=1S/C21H21ClN2S/c22-19-10-4-2-8-16(19)14-24-15-18(17-9-3-5-11-20(17)24)21(25)23-12-6-1-7-13-23/h2-5,8-11,15H,1,6-7,12-14H2. The number of para-hydroxylation sites is 1. The molecule has 4 rings (SSSR count). The molecule has 2 aromatic carbocycles. The Labute approximate surface area is 159 Å². The minimum Gasteiger partial charge on any atom is -0.362 e. The van der Waals surface area contributed by atoms with E-state index in [1.807, 2.05) is 18.2 Å². The molecule has 25 heavy (non-hydrogen) atoms. The first-order chi connectivity index (χ1) is 12.2. The molecule has 1 aromatic heterocycles. The zero-order valence-electron chi connectivity index (χ0n) is 14.1. The normalized spacial score (nSPS) is 14.8. The molecular weight excluding hydrogens is 348 g/mol. The Morgan fingerprint density at radius 2 is 1.68 bits per heavy atom. The number of halogens is 1. The van der Waals surface area contributed by atoms with Gasteiger partial charge >= 0.3 is 0 Å². The first-order valence-corrected chi connectivity index (χ1v) is 9.63. The predicted molar refractivity (Wildman–Crippen MR) is 110 cm³/mol. The van der Waals surface area contributed by atoms with Crippen LogP contribution in [0.15, 0.2) is 54.7 Å². The number of benzene rings is 2. The van der Waals surface area contributed by atoms with Gasteiger partial charge in [0.1, 0.15) is 4.99 Å². The summed E-state index contributed by atoms with van der Waals surface area (Å²) >= 11 is 12.2. The zero-order chi connectivity index (χ0) is 17.2. The second-order valence-electron chi connectivity index (χ2n) is 6.63. The van der Waals surface area contributed by atoms with E-state index in [4.69, 9.17) is 23.8 Å². The molecule has 2 heterocycles. The lowest BCUT2D eigenvalue weighted by molar-refractivity contribution is 0.348. The van der Waals surface area contributed by atoms with Crippen LogP contribution in [0, 0.1) is 0 Å². The quantitative estimate of drug-likeness (QED) is 0.563. The van der Waals surface area contributed by atoms with Crippen LogP contribution in [0.1, 0.15) is 30.4 Å². The molecule has 4 heteroatoms. The van der Waals surface area contributed by atoms with Gasteiger partial charge < -0.3 is 9.47 Å². The smallest absolute Gasteiger partial charge is 0.111 e. The van der Waals surface area contributed by atoms with Crippen LogP contribution in [0.2, 0.25) is 5.02 Å². The summed E-state index contributed by atoms with van der Waals surface area (Å²) in [5.41, 5.74) is 3.50. The third-order valence-corrected chi connectivity index (χ3v) is 5.81. The summed E-state index contributed by atoms with van der Waals surface area (Å²) in [6.45, 7) is 2.90. The van der Waals surface area contributed by atoms with Crippen molar-refractivity contribution in [2.24, 2.45) is 0 Å². The number of likely N-dealkylation sites (tertiary alicyclic amines) is 1. The third-order valence-electron chi connectivity index (χ3n) is 4.96. The van der Waals surface area contributed by atoms with Crippen molar-refractivity contribution in [1.82, 2.24) is 9.47 Å². The van der Waals surface area contributed by atoms with Gasteiger partial charge in [0, 0.05) is 47.3 Å². The molecule has 1 fully saturated rings. The van der Waals surface area contributed by atoms with Crippen LogP contribution in [0.25, 0.3) is 10.9 Å². The van der Waals surface area contributed by atoms with Crippen molar-refractivity contribution in [3.8, 4) is 0 Å². The highest BCUT2D eigenvalue weighted by atomic mass is 35.5. The van der Waals surface area contributed by atoms with E-state index in [0.29, 0.717) is 0 Å². The maximum Gasteiger partial charge on any atom is 0.111 e. The van der Waals surface area contributed by atoms with E-state index in [-0.39, 0.29) is 0 Å². The number of nitrogens with zero attached hydrogens (tertiary/aromatic N) is 2. The number of fused-ring (bicyclic) bond motifs is 1. The van der Waals surface area contributed by atoms with Gasteiger partial charge in [0.05, 0.1) is 0 Å². The first-order valence-electron chi connectivity index (χ1n) is 8.84. The fourth-order valence-electron chi connectivity index (χ4n) is 3.63. The molecule has 0 radical (unpaired) electrons. The monoisotopic (exact) mass is 368 g/mol. The Kier molecular flexibility index (Phi) is 4.78. The van der Waals surface area contributed by atoms with E-state index >= 15 is 0 Å². The summed E-state index contributed by atoms with van der Waals surface area (Å²) in [4.78, 5) is 3.34.